The molecule has 0 N–H and O–H groups in total. The first-order chi connectivity index (χ1) is 11.7. The maximum atomic E-state index is 5.97. The SMILES string of the molecule is Clc1ccc(-c2csc(-n3nccc3-c3ccc(Cl)cc3)n2)cc1. The third-order valence-electron chi connectivity index (χ3n) is 3.60. The van der Waals surface area contributed by atoms with Crippen molar-refractivity contribution in [3.8, 4) is 27.6 Å². The second kappa shape index (κ2) is 6.40. The predicted molar refractivity (Wildman–Crippen MR) is 100 cm³/mol. The zero-order chi connectivity index (χ0) is 16.5. The van der Waals surface area contributed by atoms with Crippen LogP contribution in [0.3, 0.4) is 0 Å². The Hall–Kier alpha value is -2.14. The number of nitrogens with zero attached hydrogens (tertiary/aromatic N) is 3. The van der Waals surface area contributed by atoms with Crippen LogP contribution in [0.4, 0.5) is 0 Å². The average molecular weight is 372 g/mol. The molecular weight excluding hydrogens is 361 g/mol. The topological polar surface area (TPSA) is 30.7 Å². The molecule has 0 radical (unpaired) electrons. The lowest BCUT2D eigenvalue weighted by molar-refractivity contribution is 0.878. The van der Waals surface area contributed by atoms with Crippen LogP contribution in [-0.2, 0) is 0 Å². The van der Waals surface area contributed by atoms with Gasteiger partial charge in [-0.2, -0.15) is 5.10 Å². The second-order valence-electron chi connectivity index (χ2n) is 5.16. The van der Waals surface area contributed by atoms with Crippen LogP contribution in [0.25, 0.3) is 27.6 Å². The lowest BCUT2D eigenvalue weighted by atomic mass is 10.1. The molecule has 24 heavy (non-hydrogen) atoms. The lowest BCUT2D eigenvalue weighted by Gasteiger charge is -2.04. The molecule has 0 aliphatic carbocycles. The number of rotatable bonds is 3. The van der Waals surface area contributed by atoms with Gasteiger partial charge in [-0.05, 0) is 30.3 Å². The summed E-state index contributed by atoms with van der Waals surface area (Å²) >= 11 is 13.5. The molecule has 0 aliphatic rings. The minimum Gasteiger partial charge on any atom is -0.218 e. The van der Waals surface area contributed by atoms with Crippen molar-refractivity contribution in [1.29, 1.82) is 0 Å². The first-order valence-electron chi connectivity index (χ1n) is 7.22. The van der Waals surface area contributed by atoms with Crippen LogP contribution in [0.5, 0.6) is 0 Å². The molecule has 118 valence electrons. The van der Waals surface area contributed by atoms with E-state index >= 15 is 0 Å². The van der Waals surface area contributed by atoms with Crippen molar-refractivity contribution in [2.24, 2.45) is 0 Å². The van der Waals surface area contributed by atoms with E-state index in [9.17, 15) is 0 Å². The van der Waals surface area contributed by atoms with E-state index < -0.39 is 0 Å². The molecule has 2 heterocycles. The molecule has 0 atom stereocenters. The average Bonchev–Trinajstić information content (AvgIpc) is 3.25. The number of aromatic nitrogens is 3. The Bertz CT molecular complexity index is 972. The van der Waals surface area contributed by atoms with Gasteiger partial charge in [0.1, 0.15) is 0 Å². The Morgan fingerprint density at radius 3 is 2.08 bits per heavy atom. The molecule has 4 rings (SSSR count). The molecule has 0 saturated heterocycles. The van der Waals surface area contributed by atoms with E-state index in [-0.39, 0.29) is 0 Å². The van der Waals surface area contributed by atoms with Crippen molar-refractivity contribution in [2.75, 3.05) is 0 Å². The summed E-state index contributed by atoms with van der Waals surface area (Å²) in [7, 11) is 0. The van der Waals surface area contributed by atoms with Crippen LogP contribution in [0.1, 0.15) is 0 Å². The fourth-order valence-corrected chi connectivity index (χ4v) is 3.46. The number of benzene rings is 2. The normalized spacial score (nSPS) is 10.9. The summed E-state index contributed by atoms with van der Waals surface area (Å²) in [5.41, 5.74) is 3.95. The maximum Gasteiger partial charge on any atom is 0.211 e. The van der Waals surface area contributed by atoms with Gasteiger partial charge in [0.05, 0.1) is 17.6 Å². The van der Waals surface area contributed by atoms with Gasteiger partial charge in [-0.25, -0.2) is 9.67 Å². The van der Waals surface area contributed by atoms with E-state index in [2.05, 4.69) is 5.10 Å². The van der Waals surface area contributed by atoms with Gasteiger partial charge >= 0.3 is 0 Å². The second-order valence-corrected chi connectivity index (χ2v) is 6.87. The van der Waals surface area contributed by atoms with E-state index in [1.165, 1.54) is 0 Å². The smallest absolute Gasteiger partial charge is 0.211 e. The number of hydrogen-bond donors (Lipinski definition) is 0. The van der Waals surface area contributed by atoms with Gasteiger partial charge < -0.3 is 0 Å². The monoisotopic (exact) mass is 371 g/mol. The van der Waals surface area contributed by atoms with Gasteiger partial charge in [0, 0.05) is 26.6 Å². The van der Waals surface area contributed by atoms with Crippen molar-refractivity contribution in [1.82, 2.24) is 14.8 Å². The Labute approximate surface area is 153 Å². The maximum absolute atomic E-state index is 5.97. The van der Waals surface area contributed by atoms with Crippen molar-refractivity contribution in [2.45, 2.75) is 0 Å². The van der Waals surface area contributed by atoms with Crippen molar-refractivity contribution < 1.29 is 0 Å². The van der Waals surface area contributed by atoms with Gasteiger partial charge in [0.15, 0.2) is 0 Å². The molecule has 0 spiro atoms. The van der Waals surface area contributed by atoms with Crippen LogP contribution < -0.4 is 0 Å². The first-order valence-corrected chi connectivity index (χ1v) is 8.86. The van der Waals surface area contributed by atoms with Crippen LogP contribution in [0, 0.1) is 0 Å². The van der Waals surface area contributed by atoms with Crippen LogP contribution in [0.15, 0.2) is 66.2 Å². The fourth-order valence-electron chi connectivity index (χ4n) is 2.41. The van der Waals surface area contributed by atoms with Crippen LogP contribution in [-0.4, -0.2) is 14.8 Å². The van der Waals surface area contributed by atoms with E-state index in [1.807, 2.05) is 64.7 Å². The Balaban J connectivity index is 1.72. The minimum absolute atomic E-state index is 0.712. The fraction of sp³-hybridized carbons (Fsp3) is 0. The molecule has 0 bridgehead atoms. The van der Waals surface area contributed by atoms with Gasteiger partial charge in [0.25, 0.3) is 0 Å². The van der Waals surface area contributed by atoms with E-state index in [1.54, 1.807) is 17.5 Å². The molecule has 0 amide bonds. The molecule has 0 unspecified atom stereocenters. The van der Waals surface area contributed by atoms with Crippen LogP contribution >= 0.6 is 34.5 Å². The number of halogens is 2. The largest absolute Gasteiger partial charge is 0.218 e. The summed E-state index contributed by atoms with van der Waals surface area (Å²) in [5, 5.41) is 8.68. The summed E-state index contributed by atoms with van der Waals surface area (Å²) in [6, 6.07) is 17.3. The van der Waals surface area contributed by atoms with E-state index in [0.717, 1.165) is 27.6 Å². The summed E-state index contributed by atoms with van der Waals surface area (Å²) in [6.07, 6.45) is 1.77. The Morgan fingerprint density at radius 1 is 0.792 bits per heavy atom. The molecule has 2 aromatic carbocycles. The zero-order valence-electron chi connectivity index (χ0n) is 12.4. The summed E-state index contributed by atoms with van der Waals surface area (Å²) in [5.74, 6) is 0. The molecule has 0 saturated carbocycles. The highest BCUT2D eigenvalue weighted by Crippen LogP contribution is 2.29. The predicted octanol–water partition coefficient (Wildman–Crippen LogP) is 5.97. The molecule has 0 fully saturated rings. The third-order valence-corrected chi connectivity index (χ3v) is 4.92. The van der Waals surface area contributed by atoms with Crippen molar-refractivity contribution in [3.63, 3.8) is 0 Å². The van der Waals surface area contributed by atoms with E-state index in [0.29, 0.717) is 10.0 Å². The number of thiazole rings is 1. The molecular formula is C18H11Cl2N3S. The van der Waals surface area contributed by atoms with Crippen molar-refractivity contribution >= 4 is 34.5 Å². The van der Waals surface area contributed by atoms with Gasteiger partial charge in [0.2, 0.25) is 5.13 Å². The number of hydrogen-bond acceptors (Lipinski definition) is 3. The first kappa shape index (κ1) is 15.4. The van der Waals surface area contributed by atoms with Gasteiger partial charge in [-0.15, -0.1) is 11.3 Å². The Morgan fingerprint density at radius 2 is 1.42 bits per heavy atom. The van der Waals surface area contributed by atoms with Gasteiger partial charge in [-0.3, -0.25) is 0 Å². The highest BCUT2D eigenvalue weighted by molar-refractivity contribution is 7.12. The quantitative estimate of drug-likeness (QED) is 0.444. The zero-order valence-corrected chi connectivity index (χ0v) is 14.7. The molecule has 4 aromatic rings. The molecule has 2 aromatic heterocycles. The third kappa shape index (κ3) is 2.96. The standard InChI is InChI=1S/C18H11Cl2N3S/c19-14-5-1-12(2-6-14)16-11-24-18(22-16)23-17(9-10-21-23)13-3-7-15(20)8-4-13/h1-11H. The van der Waals surface area contributed by atoms with E-state index in [4.69, 9.17) is 28.2 Å². The molecule has 0 aliphatic heterocycles. The molecule has 6 heteroatoms. The minimum atomic E-state index is 0.712. The lowest BCUT2D eigenvalue weighted by Crippen LogP contribution is -1.98. The van der Waals surface area contributed by atoms with Crippen molar-refractivity contribution in [3.05, 3.63) is 76.2 Å². The highest BCUT2D eigenvalue weighted by atomic mass is 35.5. The summed E-state index contributed by atoms with van der Waals surface area (Å²) in [6.45, 7) is 0. The Kier molecular flexibility index (Phi) is 4.10. The van der Waals surface area contributed by atoms with Gasteiger partial charge in [-0.1, -0.05) is 47.5 Å². The van der Waals surface area contributed by atoms with Crippen LogP contribution in [0.2, 0.25) is 10.0 Å². The summed E-state index contributed by atoms with van der Waals surface area (Å²) in [4.78, 5) is 4.71. The summed E-state index contributed by atoms with van der Waals surface area (Å²) < 4.78 is 1.84. The highest BCUT2D eigenvalue weighted by Gasteiger charge is 2.12. The molecule has 3 nitrogen and oxygen atoms in total.